The Morgan fingerprint density at radius 1 is 0.933 bits per heavy atom. The van der Waals surface area contributed by atoms with Crippen LogP contribution in [-0.2, 0) is 4.74 Å². The van der Waals surface area contributed by atoms with Gasteiger partial charge in [-0.05, 0) is 25.0 Å². The van der Waals surface area contributed by atoms with E-state index in [1.807, 2.05) is 6.08 Å². The predicted molar refractivity (Wildman–Crippen MR) is 65.8 cm³/mol. The van der Waals surface area contributed by atoms with E-state index in [0.29, 0.717) is 6.10 Å². The summed E-state index contributed by atoms with van der Waals surface area (Å²) in [6.45, 7) is 2.26. The Kier molecular flexibility index (Phi) is 7.06. The molecule has 0 radical (unpaired) electrons. The highest BCUT2D eigenvalue weighted by atomic mass is 16.5. The molecule has 0 fully saturated rings. The third-order valence-corrected chi connectivity index (χ3v) is 2.86. The lowest BCUT2D eigenvalue weighted by molar-refractivity contribution is 0.170. The molecule has 1 nitrogen and oxygen atoms in total. The van der Waals surface area contributed by atoms with Crippen molar-refractivity contribution >= 4 is 0 Å². The highest BCUT2D eigenvalue weighted by Gasteiger charge is 2.04. The van der Waals surface area contributed by atoms with E-state index in [9.17, 15) is 0 Å². The van der Waals surface area contributed by atoms with Crippen molar-refractivity contribution in [2.75, 3.05) is 0 Å². The van der Waals surface area contributed by atoms with Crippen molar-refractivity contribution in [2.45, 2.75) is 64.4 Å². The zero-order chi connectivity index (χ0) is 10.8. The second-order valence-corrected chi connectivity index (χ2v) is 4.30. The second kappa shape index (κ2) is 8.58. The lowest BCUT2D eigenvalue weighted by Crippen LogP contribution is -2.07. The SMILES string of the molecule is CCCCCCCCCC1C=CC=CO1. The molecule has 0 bridgehead atoms. The quantitative estimate of drug-likeness (QED) is 0.530. The van der Waals surface area contributed by atoms with Gasteiger partial charge >= 0.3 is 0 Å². The van der Waals surface area contributed by atoms with Crippen molar-refractivity contribution in [3.8, 4) is 0 Å². The molecule has 1 heterocycles. The Labute approximate surface area is 94.2 Å². The van der Waals surface area contributed by atoms with Crippen LogP contribution >= 0.6 is 0 Å². The molecule has 0 aromatic carbocycles. The van der Waals surface area contributed by atoms with Crippen LogP contribution in [0.3, 0.4) is 0 Å². The van der Waals surface area contributed by atoms with Crippen LogP contribution in [0, 0.1) is 0 Å². The molecule has 1 unspecified atom stereocenters. The van der Waals surface area contributed by atoms with E-state index in [2.05, 4.69) is 19.1 Å². The van der Waals surface area contributed by atoms with E-state index in [1.54, 1.807) is 6.26 Å². The minimum Gasteiger partial charge on any atom is -0.494 e. The molecule has 0 spiro atoms. The number of hydrogen-bond donors (Lipinski definition) is 0. The first kappa shape index (κ1) is 12.4. The van der Waals surface area contributed by atoms with Gasteiger partial charge in [0.2, 0.25) is 0 Å². The Bertz CT molecular complexity index is 194. The third-order valence-electron chi connectivity index (χ3n) is 2.86. The molecule has 0 aromatic heterocycles. The zero-order valence-corrected chi connectivity index (χ0v) is 9.95. The van der Waals surface area contributed by atoms with Gasteiger partial charge in [-0.25, -0.2) is 0 Å². The average molecular weight is 208 g/mol. The molecule has 1 atom stereocenters. The van der Waals surface area contributed by atoms with E-state index >= 15 is 0 Å². The lowest BCUT2D eigenvalue weighted by atomic mass is 10.1. The Balaban J connectivity index is 1.84. The molecule has 15 heavy (non-hydrogen) atoms. The van der Waals surface area contributed by atoms with Gasteiger partial charge in [0, 0.05) is 0 Å². The molecule has 1 aliphatic rings. The molecule has 86 valence electrons. The largest absolute Gasteiger partial charge is 0.494 e. The van der Waals surface area contributed by atoms with Gasteiger partial charge in [-0.1, -0.05) is 51.5 Å². The first-order chi connectivity index (χ1) is 7.43. The van der Waals surface area contributed by atoms with Gasteiger partial charge in [0.25, 0.3) is 0 Å². The van der Waals surface area contributed by atoms with Crippen LogP contribution in [0.25, 0.3) is 0 Å². The summed E-state index contributed by atoms with van der Waals surface area (Å²) in [5.41, 5.74) is 0. The molecule has 0 N–H and O–H groups in total. The normalized spacial score (nSPS) is 19.1. The molecule has 1 heteroatoms. The molecular weight excluding hydrogens is 184 g/mol. The zero-order valence-electron chi connectivity index (χ0n) is 9.95. The van der Waals surface area contributed by atoms with Crippen LogP contribution < -0.4 is 0 Å². The van der Waals surface area contributed by atoms with Gasteiger partial charge in [0.15, 0.2) is 0 Å². The number of rotatable bonds is 8. The summed E-state index contributed by atoms with van der Waals surface area (Å²) < 4.78 is 5.46. The molecular formula is C14H24O. The fourth-order valence-electron chi connectivity index (χ4n) is 1.89. The first-order valence-electron chi connectivity index (χ1n) is 6.42. The van der Waals surface area contributed by atoms with Gasteiger partial charge in [-0.2, -0.15) is 0 Å². The predicted octanol–water partition coefficient (Wildman–Crippen LogP) is 4.60. The summed E-state index contributed by atoms with van der Waals surface area (Å²) in [7, 11) is 0. The molecule has 0 saturated carbocycles. The molecule has 1 aliphatic heterocycles. The minimum absolute atomic E-state index is 0.339. The number of ether oxygens (including phenoxy) is 1. The smallest absolute Gasteiger partial charge is 0.116 e. The summed E-state index contributed by atoms with van der Waals surface area (Å²) in [5.74, 6) is 0. The third kappa shape index (κ3) is 6.38. The summed E-state index contributed by atoms with van der Waals surface area (Å²) in [6.07, 6.45) is 19.1. The second-order valence-electron chi connectivity index (χ2n) is 4.30. The number of hydrogen-bond acceptors (Lipinski definition) is 1. The van der Waals surface area contributed by atoms with Crippen LogP contribution in [0.4, 0.5) is 0 Å². The van der Waals surface area contributed by atoms with Crippen molar-refractivity contribution in [2.24, 2.45) is 0 Å². The van der Waals surface area contributed by atoms with Gasteiger partial charge in [-0.3, -0.25) is 0 Å². The van der Waals surface area contributed by atoms with Crippen molar-refractivity contribution in [3.63, 3.8) is 0 Å². The fraction of sp³-hybridized carbons (Fsp3) is 0.714. The van der Waals surface area contributed by atoms with Gasteiger partial charge in [-0.15, -0.1) is 0 Å². The lowest BCUT2D eigenvalue weighted by Gasteiger charge is -2.14. The summed E-state index contributed by atoms with van der Waals surface area (Å²) in [6, 6.07) is 0. The first-order valence-corrected chi connectivity index (χ1v) is 6.42. The minimum atomic E-state index is 0.339. The number of allylic oxidation sites excluding steroid dienone is 2. The van der Waals surface area contributed by atoms with Crippen LogP contribution in [0.5, 0.6) is 0 Å². The average Bonchev–Trinajstić information content (AvgIpc) is 2.29. The van der Waals surface area contributed by atoms with Crippen LogP contribution in [0.2, 0.25) is 0 Å². The van der Waals surface area contributed by atoms with E-state index < -0.39 is 0 Å². The van der Waals surface area contributed by atoms with Crippen LogP contribution in [0.1, 0.15) is 58.3 Å². The van der Waals surface area contributed by atoms with E-state index in [-0.39, 0.29) is 0 Å². The van der Waals surface area contributed by atoms with E-state index in [1.165, 1.54) is 51.4 Å². The molecule has 1 rings (SSSR count). The Morgan fingerprint density at radius 3 is 2.33 bits per heavy atom. The van der Waals surface area contributed by atoms with Gasteiger partial charge in [0.1, 0.15) is 6.10 Å². The Hall–Kier alpha value is -0.720. The summed E-state index contributed by atoms with van der Waals surface area (Å²) in [4.78, 5) is 0. The van der Waals surface area contributed by atoms with Crippen molar-refractivity contribution in [1.82, 2.24) is 0 Å². The molecule has 0 saturated heterocycles. The Morgan fingerprint density at radius 2 is 1.67 bits per heavy atom. The van der Waals surface area contributed by atoms with Crippen molar-refractivity contribution in [3.05, 3.63) is 24.5 Å². The monoisotopic (exact) mass is 208 g/mol. The van der Waals surface area contributed by atoms with E-state index in [0.717, 1.165) is 0 Å². The highest BCUT2D eigenvalue weighted by molar-refractivity contribution is 5.07. The topological polar surface area (TPSA) is 9.23 Å². The highest BCUT2D eigenvalue weighted by Crippen LogP contribution is 2.13. The van der Waals surface area contributed by atoms with Gasteiger partial charge in [0.05, 0.1) is 6.26 Å². The van der Waals surface area contributed by atoms with Crippen LogP contribution in [0.15, 0.2) is 24.5 Å². The fourth-order valence-corrected chi connectivity index (χ4v) is 1.89. The maximum atomic E-state index is 5.46. The standard InChI is InChI=1S/C14H24O/c1-2-3-4-5-6-7-8-11-14-12-9-10-13-15-14/h9-10,12-14H,2-8,11H2,1H3. The van der Waals surface area contributed by atoms with Crippen molar-refractivity contribution in [1.29, 1.82) is 0 Å². The summed E-state index contributed by atoms with van der Waals surface area (Å²) in [5, 5.41) is 0. The van der Waals surface area contributed by atoms with E-state index in [4.69, 9.17) is 4.74 Å². The van der Waals surface area contributed by atoms with Crippen molar-refractivity contribution < 1.29 is 4.74 Å². The van der Waals surface area contributed by atoms with Crippen LogP contribution in [-0.4, -0.2) is 6.10 Å². The number of unbranched alkanes of at least 4 members (excludes halogenated alkanes) is 6. The maximum Gasteiger partial charge on any atom is 0.116 e. The molecule has 0 amide bonds. The van der Waals surface area contributed by atoms with Gasteiger partial charge < -0.3 is 4.74 Å². The molecule has 0 aliphatic carbocycles. The summed E-state index contributed by atoms with van der Waals surface area (Å²) >= 11 is 0. The molecule has 0 aromatic rings. The maximum absolute atomic E-state index is 5.46.